The molecule has 1 aromatic heterocycles. The van der Waals surface area contributed by atoms with Gasteiger partial charge in [-0.05, 0) is 22.6 Å². The van der Waals surface area contributed by atoms with Gasteiger partial charge in [0.25, 0.3) is 0 Å². The summed E-state index contributed by atoms with van der Waals surface area (Å²) in [4.78, 5) is 0. The predicted molar refractivity (Wildman–Crippen MR) is 52.6 cm³/mol. The number of pyridine rings is 1. The molecule has 1 rings (SSSR count). The standard InChI is InChI=1S/C7H9IN3/c1-11-3-6(8)5(2-9)7(10)4-11/h2-4,9H,10H2,1H3/q+1. The highest BCUT2D eigenvalue weighted by Crippen LogP contribution is 2.13. The van der Waals surface area contributed by atoms with E-state index < -0.39 is 0 Å². The molecular weight excluding hydrogens is 253 g/mol. The fraction of sp³-hybridized carbons (Fsp3) is 0.143. The summed E-state index contributed by atoms with van der Waals surface area (Å²) in [6.07, 6.45) is 5.00. The summed E-state index contributed by atoms with van der Waals surface area (Å²) in [6, 6.07) is 0. The SMILES string of the molecule is C[n+]1cc(N)c(C=N)c(I)c1. The highest BCUT2D eigenvalue weighted by atomic mass is 127. The average molecular weight is 262 g/mol. The fourth-order valence-corrected chi connectivity index (χ4v) is 1.77. The van der Waals surface area contributed by atoms with Crippen molar-refractivity contribution in [2.45, 2.75) is 0 Å². The first-order chi connectivity index (χ1) is 5.15. The molecular formula is C7H9IN3+. The van der Waals surface area contributed by atoms with Gasteiger partial charge in [-0.3, -0.25) is 0 Å². The number of anilines is 1. The number of aryl methyl sites for hydroxylation is 1. The Hall–Kier alpha value is -0.650. The summed E-state index contributed by atoms with van der Waals surface area (Å²) in [5.74, 6) is 0. The zero-order chi connectivity index (χ0) is 8.43. The van der Waals surface area contributed by atoms with Crippen LogP contribution in [0.5, 0.6) is 0 Å². The molecule has 0 aliphatic rings. The Morgan fingerprint density at radius 2 is 2.27 bits per heavy atom. The highest BCUT2D eigenvalue weighted by molar-refractivity contribution is 14.1. The minimum atomic E-state index is 0.648. The molecule has 0 saturated heterocycles. The Bertz CT molecular complexity index is 273. The van der Waals surface area contributed by atoms with Crippen LogP contribution in [0.1, 0.15) is 5.56 Å². The van der Waals surface area contributed by atoms with Crippen molar-refractivity contribution in [3.63, 3.8) is 0 Å². The second-order valence-corrected chi connectivity index (χ2v) is 3.45. The van der Waals surface area contributed by atoms with Crippen LogP contribution in [0.3, 0.4) is 0 Å². The number of nitrogens with one attached hydrogen (secondary N) is 1. The Balaban J connectivity index is 3.36. The van der Waals surface area contributed by atoms with E-state index in [1.165, 1.54) is 6.21 Å². The normalized spacial score (nSPS) is 9.64. The van der Waals surface area contributed by atoms with Crippen LogP contribution in [0.15, 0.2) is 12.4 Å². The zero-order valence-electron chi connectivity index (χ0n) is 6.13. The van der Waals surface area contributed by atoms with Crippen LogP contribution in [0, 0.1) is 8.98 Å². The maximum atomic E-state index is 7.08. The monoisotopic (exact) mass is 262 g/mol. The Kier molecular flexibility index (Phi) is 2.43. The van der Waals surface area contributed by atoms with E-state index in [9.17, 15) is 0 Å². The minimum absolute atomic E-state index is 0.648. The second kappa shape index (κ2) is 3.17. The molecule has 58 valence electrons. The smallest absolute Gasteiger partial charge is 0.192 e. The van der Waals surface area contributed by atoms with Crippen LogP contribution in [0.25, 0.3) is 0 Å². The molecule has 0 aliphatic heterocycles. The highest BCUT2D eigenvalue weighted by Gasteiger charge is 2.06. The lowest BCUT2D eigenvalue weighted by molar-refractivity contribution is -0.671. The summed E-state index contributed by atoms with van der Waals surface area (Å²) < 4.78 is 2.88. The first-order valence-corrected chi connectivity index (χ1v) is 4.17. The average Bonchev–Trinajstić information content (AvgIpc) is 1.85. The number of nitrogen functional groups attached to an aromatic ring is 1. The van der Waals surface area contributed by atoms with Gasteiger partial charge in [-0.2, -0.15) is 0 Å². The third-order valence-corrected chi connectivity index (χ3v) is 2.23. The number of nitrogens with zero attached hydrogens (tertiary/aromatic N) is 1. The molecule has 0 aliphatic carbocycles. The van der Waals surface area contributed by atoms with Crippen LogP contribution in [0.4, 0.5) is 5.69 Å². The van der Waals surface area contributed by atoms with Crippen molar-refractivity contribution >= 4 is 34.5 Å². The lowest BCUT2D eigenvalue weighted by Gasteiger charge is -1.98. The van der Waals surface area contributed by atoms with E-state index in [0.29, 0.717) is 5.69 Å². The van der Waals surface area contributed by atoms with E-state index in [0.717, 1.165) is 9.13 Å². The lowest BCUT2D eigenvalue weighted by atomic mass is 10.2. The molecule has 0 saturated carbocycles. The van der Waals surface area contributed by atoms with Gasteiger partial charge < -0.3 is 11.1 Å². The van der Waals surface area contributed by atoms with Crippen molar-refractivity contribution in [1.82, 2.24) is 0 Å². The lowest BCUT2D eigenvalue weighted by Crippen LogP contribution is -2.28. The molecule has 0 unspecified atom stereocenters. The van der Waals surface area contributed by atoms with Crippen LogP contribution >= 0.6 is 22.6 Å². The third kappa shape index (κ3) is 1.68. The summed E-state index contributed by atoms with van der Waals surface area (Å²) in [7, 11) is 1.91. The fourth-order valence-electron chi connectivity index (χ4n) is 0.865. The third-order valence-electron chi connectivity index (χ3n) is 1.37. The molecule has 0 spiro atoms. The molecule has 3 N–H and O–H groups in total. The summed E-state index contributed by atoms with van der Waals surface area (Å²) in [5, 5.41) is 7.08. The van der Waals surface area contributed by atoms with E-state index in [4.69, 9.17) is 11.1 Å². The zero-order valence-corrected chi connectivity index (χ0v) is 8.29. The number of aromatic nitrogens is 1. The molecule has 0 amide bonds. The molecule has 11 heavy (non-hydrogen) atoms. The van der Waals surface area contributed by atoms with Gasteiger partial charge in [0.1, 0.15) is 12.7 Å². The van der Waals surface area contributed by atoms with Crippen LogP contribution in [-0.2, 0) is 7.05 Å². The summed E-state index contributed by atoms with van der Waals surface area (Å²) in [6.45, 7) is 0. The first kappa shape index (κ1) is 8.45. The number of nitrogens with two attached hydrogens (primary N) is 1. The van der Waals surface area contributed by atoms with Gasteiger partial charge in [-0.15, -0.1) is 0 Å². The predicted octanol–water partition coefficient (Wildman–Crippen LogP) is 0.696. The molecule has 0 bridgehead atoms. The van der Waals surface area contributed by atoms with Gasteiger partial charge >= 0.3 is 0 Å². The first-order valence-electron chi connectivity index (χ1n) is 3.10. The van der Waals surface area contributed by atoms with Crippen molar-refractivity contribution < 1.29 is 4.57 Å². The number of hydrogen-bond acceptors (Lipinski definition) is 2. The van der Waals surface area contributed by atoms with E-state index in [2.05, 4.69) is 22.6 Å². The maximum absolute atomic E-state index is 7.08. The largest absolute Gasteiger partial charge is 0.393 e. The molecule has 0 fully saturated rings. The van der Waals surface area contributed by atoms with Crippen molar-refractivity contribution in [2.75, 3.05) is 5.73 Å². The second-order valence-electron chi connectivity index (χ2n) is 2.28. The van der Waals surface area contributed by atoms with E-state index in [-0.39, 0.29) is 0 Å². The van der Waals surface area contributed by atoms with Crippen molar-refractivity contribution in [2.24, 2.45) is 7.05 Å². The van der Waals surface area contributed by atoms with Gasteiger partial charge in [0.2, 0.25) is 0 Å². The van der Waals surface area contributed by atoms with E-state index in [1.807, 2.05) is 17.8 Å². The van der Waals surface area contributed by atoms with Crippen LogP contribution in [-0.4, -0.2) is 6.21 Å². The topological polar surface area (TPSA) is 53.8 Å². The van der Waals surface area contributed by atoms with Crippen LogP contribution in [0.2, 0.25) is 0 Å². The van der Waals surface area contributed by atoms with E-state index >= 15 is 0 Å². The van der Waals surface area contributed by atoms with Gasteiger partial charge in [0.15, 0.2) is 12.4 Å². The van der Waals surface area contributed by atoms with E-state index in [1.54, 1.807) is 6.20 Å². The molecule has 0 radical (unpaired) electrons. The molecule has 4 heteroatoms. The maximum Gasteiger partial charge on any atom is 0.192 e. The van der Waals surface area contributed by atoms with Gasteiger partial charge in [-0.25, -0.2) is 4.57 Å². The molecule has 3 nitrogen and oxygen atoms in total. The van der Waals surface area contributed by atoms with Crippen LogP contribution < -0.4 is 10.3 Å². The quantitative estimate of drug-likeness (QED) is 0.437. The Morgan fingerprint density at radius 1 is 1.64 bits per heavy atom. The molecule has 1 aromatic rings. The van der Waals surface area contributed by atoms with Crippen molar-refractivity contribution in [3.8, 4) is 0 Å². The van der Waals surface area contributed by atoms with Crippen molar-refractivity contribution in [1.29, 1.82) is 5.41 Å². The van der Waals surface area contributed by atoms with Gasteiger partial charge in [-0.1, -0.05) is 0 Å². The molecule has 0 atom stereocenters. The molecule has 0 aromatic carbocycles. The summed E-state index contributed by atoms with van der Waals surface area (Å²) >= 11 is 2.16. The summed E-state index contributed by atoms with van der Waals surface area (Å²) in [5.41, 5.74) is 7.10. The Morgan fingerprint density at radius 3 is 2.73 bits per heavy atom. The van der Waals surface area contributed by atoms with Gasteiger partial charge in [0.05, 0.1) is 3.57 Å². The minimum Gasteiger partial charge on any atom is -0.393 e. The number of hydrogen-bond donors (Lipinski definition) is 2. The molecule has 1 heterocycles. The number of halogens is 1. The van der Waals surface area contributed by atoms with Crippen molar-refractivity contribution in [3.05, 3.63) is 21.5 Å². The van der Waals surface area contributed by atoms with Gasteiger partial charge in [0, 0.05) is 11.8 Å². The number of rotatable bonds is 1. The Labute approximate surface area is 78.9 Å².